The molecule has 0 radical (unpaired) electrons. The summed E-state index contributed by atoms with van der Waals surface area (Å²) in [5.41, 5.74) is 0.620. The zero-order valence-corrected chi connectivity index (χ0v) is 12.8. The zero-order chi connectivity index (χ0) is 15.5. The van der Waals surface area contributed by atoms with Crippen molar-refractivity contribution < 1.29 is 12.8 Å². The Kier molecular flexibility index (Phi) is 4.69. The van der Waals surface area contributed by atoms with Gasteiger partial charge in [-0.3, -0.25) is 4.72 Å². The first-order valence-electron chi connectivity index (χ1n) is 6.25. The number of rotatable bonds is 5. The quantitative estimate of drug-likeness (QED) is 0.879. The van der Waals surface area contributed by atoms with E-state index in [1.807, 2.05) is 6.92 Å². The summed E-state index contributed by atoms with van der Waals surface area (Å²) in [6.45, 7) is 2.46. The molecule has 0 bridgehead atoms. The average molecular weight is 329 g/mol. The molecule has 0 heterocycles. The van der Waals surface area contributed by atoms with Gasteiger partial charge in [-0.15, -0.1) is 0 Å². The summed E-state index contributed by atoms with van der Waals surface area (Å²) in [7, 11) is -3.82. The van der Waals surface area contributed by atoms with Crippen molar-refractivity contribution in [3.63, 3.8) is 0 Å². The number of anilines is 2. The molecule has 0 atom stereocenters. The largest absolute Gasteiger partial charge is 0.384 e. The summed E-state index contributed by atoms with van der Waals surface area (Å²) in [5, 5.41) is 2.98. The summed E-state index contributed by atoms with van der Waals surface area (Å²) < 4.78 is 40.2. The highest BCUT2D eigenvalue weighted by Gasteiger charge is 2.19. The van der Waals surface area contributed by atoms with Gasteiger partial charge in [0.2, 0.25) is 0 Å². The van der Waals surface area contributed by atoms with Gasteiger partial charge in [-0.25, -0.2) is 12.8 Å². The third-order valence-electron chi connectivity index (χ3n) is 2.72. The lowest BCUT2D eigenvalue weighted by Gasteiger charge is -2.13. The fourth-order valence-corrected chi connectivity index (χ4v) is 3.34. The van der Waals surface area contributed by atoms with Crippen LogP contribution in [0.4, 0.5) is 15.8 Å². The molecule has 7 heteroatoms. The molecule has 21 heavy (non-hydrogen) atoms. The Morgan fingerprint density at radius 3 is 2.52 bits per heavy atom. The highest BCUT2D eigenvalue weighted by molar-refractivity contribution is 7.92. The molecular weight excluding hydrogens is 315 g/mol. The van der Waals surface area contributed by atoms with Crippen molar-refractivity contribution in [1.29, 1.82) is 0 Å². The van der Waals surface area contributed by atoms with Crippen molar-refractivity contribution in [1.82, 2.24) is 0 Å². The number of halogens is 2. The van der Waals surface area contributed by atoms with E-state index in [2.05, 4.69) is 10.0 Å². The van der Waals surface area contributed by atoms with Crippen LogP contribution in [0.3, 0.4) is 0 Å². The minimum atomic E-state index is -3.82. The summed E-state index contributed by atoms with van der Waals surface area (Å²) in [5.74, 6) is -0.531. The van der Waals surface area contributed by atoms with Crippen LogP contribution in [0.25, 0.3) is 0 Å². The van der Waals surface area contributed by atoms with Crippen molar-refractivity contribution >= 4 is 33.0 Å². The van der Waals surface area contributed by atoms with E-state index in [4.69, 9.17) is 11.6 Å². The summed E-state index contributed by atoms with van der Waals surface area (Å²) >= 11 is 5.84. The van der Waals surface area contributed by atoms with Crippen molar-refractivity contribution in [2.75, 3.05) is 16.6 Å². The maximum Gasteiger partial charge on any atom is 0.263 e. The Hall–Kier alpha value is -1.79. The molecular formula is C14H14ClFN2O2S. The number of para-hydroxylation sites is 1. The standard InChI is InChI=1S/C14H14ClFN2O2S/c1-2-17-13-5-3-4-6-14(13)21(19,20)18-12-8-7-10(16)9-11(12)15/h3-9,17-18H,2H2,1H3. The van der Waals surface area contributed by atoms with Crippen LogP contribution in [0.15, 0.2) is 47.4 Å². The number of nitrogens with one attached hydrogen (secondary N) is 2. The second-order valence-electron chi connectivity index (χ2n) is 4.26. The first-order chi connectivity index (χ1) is 9.94. The van der Waals surface area contributed by atoms with Crippen LogP contribution in [0, 0.1) is 5.82 Å². The van der Waals surface area contributed by atoms with E-state index < -0.39 is 15.8 Å². The highest BCUT2D eigenvalue weighted by Crippen LogP contribution is 2.27. The Morgan fingerprint density at radius 1 is 1.14 bits per heavy atom. The van der Waals surface area contributed by atoms with Gasteiger partial charge in [0.05, 0.1) is 16.4 Å². The minimum absolute atomic E-state index is 0.000457. The van der Waals surface area contributed by atoms with Crippen LogP contribution in [0.5, 0.6) is 0 Å². The van der Waals surface area contributed by atoms with Crippen LogP contribution < -0.4 is 10.0 Å². The lowest BCUT2D eigenvalue weighted by Crippen LogP contribution is -2.15. The molecule has 0 aliphatic carbocycles. The molecule has 0 spiro atoms. The smallest absolute Gasteiger partial charge is 0.263 e. The monoisotopic (exact) mass is 328 g/mol. The Balaban J connectivity index is 2.39. The van der Waals surface area contributed by atoms with Gasteiger partial charge in [0.15, 0.2) is 0 Å². The lowest BCUT2D eigenvalue weighted by atomic mass is 10.3. The fourth-order valence-electron chi connectivity index (χ4n) is 1.81. The van der Waals surface area contributed by atoms with Crippen LogP contribution >= 0.6 is 11.6 Å². The number of hydrogen-bond acceptors (Lipinski definition) is 3. The van der Waals surface area contributed by atoms with E-state index in [1.54, 1.807) is 18.2 Å². The molecule has 0 aromatic heterocycles. The molecule has 2 aromatic rings. The van der Waals surface area contributed by atoms with E-state index >= 15 is 0 Å². The third kappa shape index (κ3) is 3.65. The van der Waals surface area contributed by atoms with E-state index in [0.29, 0.717) is 12.2 Å². The molecule has 0 saturated carbocycles. The number of sulfonamides is 1. The van der Waals surface area contributed by atoms with E-state index in [0.717, 1.165) is 12.1 Å². The van der Waals surface area contributed by atoms with Gasteiger partial charge < -0.3 is 5.32 Å². The van der Waals surface area contributed by atoms with Crippen molar-refractivity contribution in [2.45, 2.75) is 11.8 Å². The predicted octanol–water partition coefficient (Wildman–Crippen LogP) is 3.71. The SMILES string of the molecule is CCNc1ccccc1S(=O)(=O)Nc1ccc(F)cc1Cl. The van der Waals surface area contributed by atoms with Crippen molar-refractivity contribution in [3.05, 3.63) is 53.3 Å². The maximum atomic E-state index is 13.0. The zero-order valence-electron chi connectivity index (χ0n) is 11.2. The molecule has 4 nitrogen and oxygen atoms in total. The van der Waals surface area contributed by atoms with Crippen LogP contribution in [0.2, 0.25) is 5.02 Å². The van der Waals surface area contributed by atoms with Gasteiger partial charge in [0.25, 0.3) is 10.0 Å². The predicted molar refractivity (Wildman–Crippen MR) is 82.8 cm³/mol. The topological polar surface area (TPSA) is 58.2 Å². The second kappa shape index (κ2) is 6.32. The lowest BCUT2D eigenvalue weighted by molar-refractivity contribution is 0.601. The maximum absolute atomic E-state index is 13.0. The minimum Gasteiger partial charge on any atom is -0.384 e. The molecule has 0 unspecified atom stereocenters. The molecule has 0 aliphatic heterocycles. The fraction of sp³-hybridized carbons (Fsp3) is 0.143. The van der Waals surface area contributed by atoms with Crippen LogP contribution in [-0.2, 0) is 10.0 Å². The summed E-state index contributed by atoms with van der Waals surface area (Å²) in [4.78, 5) is 0.104. The molecule has 0 fully saturated rings. The van der Waals surface area contributed by atoms with Gasteiger partial charge in [0.1, 0.15) is 10.7 Å². The average Bonchev–Trinajstić information content (AvgIpc) is 2.43. The summed E-state index contributed by atoms with van der Waals surface area (Å²) in [6, 6.07) is 9.99. The molecule has 0 saturated heterocycles. The molecule has 0 aliphatic rings. The number of benzene rings is 2. The molecule has 112 valence electrons. The van der Waals surface area contributed by atoms with Crippen molar-refractivity contribution in [3.8, 4) is 0 Å². The molecule has 2 N–H and O–H groups in total. The van der Waals surface area contributed by atoms with Gasteiger partial charge in [0, 0.05) is 6.54 Å². The van der Waals surface area contributed by atoms with Gasteiger partial charge in [-0.1, -0.05) is 23.7 Å². The first kappa shape index (κ1) is 15.6. The van der Waals surface area contributed by atoms with E-state index in [1.165, 1.54) is 12.1 Å². The second-order valence-corrected chi connectivity index (χ2v) is 6.31. The van der Waals surface area contributed by atoms with Gasteiger partial charge >= 0.3 is 0 Å². The normalized spacial score (nSPS) is 11.2. The number of hydrogen-bond donors (Lipinski definition) is 2. The van der Waals surface area contributed by atoms with Gasteiger partial charge in [-0.05, 0) is 37.3 Å². The van der Waals surface area contributed by atoms with E-state index in [-0.39, 0.29) is 15.6 Å². The van der Waals surface area contributed by atoms with E-state index in [9.17, 15) is 12.8 Å². The third-order valence-corrected chi connectivity index (χ3v) is 4.46. The Bertz CT molecular complexity index is 750. The van der Waals surface area contributed by atoms with Gasteiger partial charge in [-0.2, -0.15) is 0 Å². The van der Waals surface area contributed by atoms with Crippen LogP contribution in [-0.4, -0.2) is 15.0 Å². The molecule has 0 amide bonds. The highest BCUT2D eigenvalue weighted by atomic mass is 35.5. The van der Waals surface area contributed by atoms with Crippen LogP contribution in [0.1, 0.15) is 6.92 Å². The first-order valence-corrected chi connectivity index (χ1v) is 8.11. The molecule has 2 aromatic carbocycles. The molecule has 2 rings (SSSR count). The van der Waals surface area contributed by atoms with Crippen molar-refractivity contribution in [2.24, 2.45) is 0 Å². The summed E-state index contributed by atoms with van der Waals surface area (Å²) in [6.07, 6.45) is 0. The Morgan fingerprint density at radius 2 is 1.86 bits per heavy atom. The Labute approximate surface area is 128 Å².